The summed E-state index contributed by atoms with van der Waals surface area (Å²) in [5, 5.41) is 2.98. The van der Waals surface area contributed by atoms with Crippen LogP contribution in [-0.2, 0) is 6.54 Å². The van der Waals surface area contributed by atoms with Gasteiger partial charge in [-0.15, -0.1) is 0 Å². The van der Waals surface area contributed by atoms with E-state index in [4.69, 9.17) is 4.42 Å². The molecule has 3 nitrogen and oxygen atoms in total. The van der Waals surface area contributed by atoms with Crippen LogP contribution < -0.4 is 5.32 Å². The number of benzene rings is 2. The summed E-state index contributed by atoms with van der Waals surface area (Å²) in [6, 6.07) is 11.5. The third kappa shape index (κ3) is 3.14. The SMILES string of the molecule is Cc1cccc(-c2nc(CNc3ccc(F)c(F)c3)co2)c1. The van der Waals surface area contributed by atoms with E-state index in [2.05, 4.69) is 10.3 Å². The van der Waals surface area contributed by atoms with Gasteiger partial charge in [0.05, 0.1) is 12.2 Å². The maximum atomic E-state index is 13.1. The first-order chi connectivity index (χ1) is 10.6. The monoisotopic (exact) mass is 300 g/mol. The normalized spacial score (nSPS) is 10.7. The van der Waals surface area contributed by atoms with Crippen LogP contribution in [-0.4, -0.2) is 4.98 Å². The number of nitrogens with one attached hydrogen (secondary N) is 1. The molecule has 1 heterocycles. The smallest absolute Gasteiger partial charge is 0.226 e. The molecule has 0 radical (unpaired) electrons. The van der Waals surface area contributed by atoms with Crippen LogP contribution >= 0.6 is 0 Å². The van der Waals surface area contributed by atoms with E-state index in [0.717, 1.165) is 23.3 Å². The first-order valence-corrected chi connectivity index (χ1v) is 6.82. The molecule has 5 heteroatoms. The predicted octanol–water partition coefficient (Wildman–Crippen LogP) is 4.54. The molecular weight excluding hydrogens is 286 g/mol. The molecular formula is C17H14F2N2O. The highest BCUT2D eigenvalue weighted by Crippen LogP contribution is 2.20. The van der Waals surface area contributed by atoms with Crippen molar-refractivity contribution in [3.05, 3.63) is 71.6 Å². The van der Waals surface area contributed by atoms with E-state index in [0.29, 0.717) is 23.8 Å². The topological polar surface area (TPSA) is 38.1 Å². The minimum atomic E-state index is -0.884. The Morgan fingerprint density at radius 2 is 1.95 bits per heavy atom. The van der Waals surface area contributed by atoms with Crippen LogP contribution in [0.5, 0.6) is 0 Å². The van der Waals surface area contributed by atoms with Crippen LogP contribution in [0.4, 0.5) is 14.5 Å². The van der Waals surface area contributed by atoms with Gasteiger partial charge in [0.1, 0.15) is 6.26 Å². The highest BCUT2D eigenvalue weighted by Gasteiger charge is 2.07. The first-order valence-electron chi connectivity index (χ1n) is 6.82. The summed E-state index contributed by atoms with van der Waals surface area (Å²) < 4.78 is 31.4. The fourth-order valence-electron chi connectivity index (χ4n) is 2.10. The number of aromatic nitrogens is 1. The Morgan fingerprint density at radius 1 is 1.09 bits per heavy atom. The first kappa shape index (κ1) is 14.3. The van der Waals surface area contributed by atoms with E-state index in [1.54, 1.807) is 6.26 Å². The summed E-state index contributed by atoms with van der Waals surface area (Å²) in [6.07, 6.45) is 1.55. The summed E-state index contributed by atoms with van der Waals surface area (Å²) in [7, 11) is 0. The van der Waals surface area contributed by atoms with E-state index < -0.39 is 11.6 Å². The van der Waals surface area contributed by atoms with Crippen LogP contribution in [0.3, 0.4) is 0 Å². The largest absolute Gasteiger partial charge is 0.444 e. The Labute approximate surface area is 126 Å². The predicted molar refractivity (Wildman–Crippen MR) is 80.4 cm³/mol. The van der Waals surface area contributed by atoms with Gasteiger partial charge in [0.15, 0.2) is 11.6 Å². The van der Waals surface area contributed by atoms with E-state index in [1.807, 2.05) is 31.2 Å². The van der Waals surface area contributed by atoms with Crippen molar-refractivity contribution in [3.63, 3.8) is 0 Å². The van der Waals surface area contributed by atoms with Gasteiger partial charge in [0, 0.05) is 17.3 Å². The zero-order chi connectivity index (χ0) is 15.5. The number of halogens is 2. The molecule has 0 unspecified atom stereocenters. The number of hydrogen-bond donors (Lipinski definition) is 1. The van der Waals surface area contributed by atoms with Gasteiger partial charge >= 0.3 is 0 Å². The molecule has 0 saturated carbocycles. The summed E-state index contributed by atoms with van der Waals surface area (Å²) in [4.78, 5) is 4.38. The van der Waals surface area contributed by atoms with Crippen LogP contribution in [0, 0.1) is 18.6 Å². The molecule has 1 N–H and O–H groups in total. The quantitative estimate of drug-likeness (QED) is 0.768. The van der Waals surface area contributed by atoms with Crippen molar-refractivity contribution in [3.8, 4) is 11.5 Å². The lowest BCUT2D eigenvalue weighted by Gasteiger charge is -2.04. The van der Waals surface area contributed by atoms with Crippen molar-refractivity contribution in [2.45, 2.75) is 13.5 Å². The van der Waals surface area contributed by atoms with Gasteiger partial charge in [-0.3, -0.25) is 0 Å². The number of hydrogen-bond acceptors (Lipinski definition) is 3. The van der Waals surface area contributed by atoms with E-state index in [1.165, 1.54) is 6.07 Å². The van der Waals surface area contributed by atoms with Crippen LogP contribution in [0.2, 0.25) is 0 Å². The van der Waals surface area contributed by atoms with Crippen LogP contribution in [0.1, 0.15) is 11.3 Å². The maximum absolute atomic E-state index is 13.1. The van der Waals surface area contributed by atoms with Crippen molar-refractivity contribution in [2.75, 3.05) is 5.32 Å². The molecule has 0 bridgehead atoms. The molecule has 1 aromatic heterocycles. The standard InChI is InChI=1S/C17H14F2N2O/c1-11-3-2-4-12(7-11)17-21-14(10-22-17)9-20-13-5-6-15(18)16(19)8-13/h2-8,10,20H,9H2,1H3. The minimum absolute atomic E-state index is 0.361. The van der Waals surface area contributed by atoms with E-state index in [-0.39, 0.29) is 0 Å². The summed E-state index contributed by atoms with van der Waals surface area (Å²) in [6.45, 7) is 2.36. The molecule has 112 valence electrons. The molecule has 0 fully saturated rings. The number of oxazole rings is 1. The van der Waals surface area contributed by atoms with Crippen molar-refractivity contribution in [1.29, 1.82) is 0 Å². The Morgan fingerprint density at radius 3 is 2.73 bits per heavy atom. The van der Waals surface area contributed by atoms with Gasteiger partial charge in [-0.2, -0.15) is 0 Å². The second-order valence-electron chi connectivity index (χ2n) is 5.00. The summed E-state index contributed by atoms with van der Waals surface area (Å²) >= 11 is 0. The molecule has 0 aliphatic rings. The maximum Gasteiger partial charge on any atom is 0.226 e. The lowest BCUT2D eigenvalue weighted by molar-refractivity contribution is 0.509. The number of nitrogens with zero attached hydrogens (tertiary/aromatic N) is 1. The third-order valence-corrected chi connectivity index (χ3v) is 3.21. The Kier molecular flexibility index (Phi) is 3.87. The molecule has 22 heavy (non-hydrogen) atoms. The summed E-state index contributed by atoms with van der Waals surface area (Å²) in [5.41, 5.74) is 3.19. The van der Waals surface area contributed by atoms with Gasteiger partial charge in [-0.05, 0) is 31.2 Å². The van der Waals surface area contributed by atoms with Crippen molar-refractivity contribution in [1.82, 2.24) is 4.98 Å². The number of anilines is 1. The highest BCUT2D eigenvalue weighted by atomic mass is 19.2. The van der Waals surface area contributed by atoms with Crippen LogP contribution in [0.15, 0.2) is 53.1 Å². The number of aryl methyl sites for hydroxylation is 1. The second kappa shape index (κ2) is 5.97. The minimum Gasteiger partial charge on any atom is -0.444 e. The van der Waals surface area contributed by atoms with Crippen LogP contribution in [0.25, 0.3) is 11.5 Å². The molecule has 3 rings (SSSR count). The number of rotatable bonds is 4. The average Bonchev–Trinajstić information content (AvgIpc) is 2.97. The molecule has 0 amide bonds. The third-order valence-electron chi connectivity index (χ3n) is 3.21. The molecule has 0 atom stereocenters. The van der Waals surface area contributed by atoms with Gasteiger partial charge in [0.25, 0.3) is 0 Å². The fraction of sp³-hybridized carbons (Fsp3) is 0.118. The van der Waals surface area contributed by atoms with Crippen molar-refractivity contribution >= 4 is 5.69 Å². The second-order valence-corrected chi connectivity index (χ2v) is 5.00. The molecule has 0 aliphatic heterocycles. The Hall–Kier alpha value is -2.69. The molecule has 0 saturated heterocycles. The molecule has 2 aromatic carbocycles. The molecule has 0 spiro atoms. The zero-order valence-electron chi connectivity index (χ0n) is 11.9. The zero-order valence-corrected chi connectivity index (χ0v) is 11.9. The average molecular weight is 300 g/mol. The Bertz CT molecular complexity index is 799. The van der Waals surface area contributed by atoms with Gasteiger partial charge < -0.3 is 9.73 Å². The van der Waals surface area contributed by atoms with Gasteiger partial charge in [-0.1, -0.05) is 17.7 Å². The molecule has 3 aromatic rings. The van der Waals surface area contributed by atoms with E-state index in [9.17, 15) is 8.78 Å². The highest BCUT2D eigenvalue weighted by molar-refractivity contribution is 5.54. The Balaban J connectivity index is 1.70. The van der Waals surface area contributed by atoms with Gasteiger partial charge in [0.2, 0.25) is 5.89 Å². The lowest BCUT2D eigenvalue weighted by Crippen LogP contribution is -2.00. The molecule has 0 aliphatic carbocycles. The summed E-state index contributed by atoms with van der Waals surface area (Å²) in [5.74, 6) is -1.22. The van der Waals surface area contributed by atoms with Crippen molar-refractivity contribution in [2.24, 2.45) is 0 Å². The van der Waals surface area contributed by atoms with E-state index >= 15 is 0 Å². The fourth-order valence-corrected chi connectivity index (χ4v) is 2.10. The van der Waals surface area contributed by atoms with Gasteiger partial charge in [-0.25, -0.2) is 13.8 Å². The van der Waals surface area contributed by atoms with Crippen molar-refractivity contribution < 1.29 is 13.2 Å². The lowest BCUT2D eigenvalue weighted by atomic mass is 10.1.